The maximum atomic E-state index is 5.51. The minimum Gasteiger partial charge on any atom is -0.493 e. The highest BCUT2D eigenvalue weighted by Crippen LogP contribution is 2.38. The molecule has 0 aliphatic heterocycles. The molecule has 0 aromatic heterocycles. The molecule has 112 valence electrons. The lowest BCUT2D eigenvalue weighted by atomic mass is 10.1. The van der Waals surface area contributed by atoms with E-state index in [-0.39, 0.29) is 0 Å². The molecule has 0 saturated carbocycles. The Bertz CT molecular complexity index is 438. The molecule has 0 radical (unpaired) electrons. The molecule has 7 nitrogen and oxygen atoms in total. The van der Waals surface area contributed by atoms with Crippen LogP contribution in [0.3, 0.4) is 0 Å². The summed E-state index contributed by atoms with van der Waals surface area (Å²) in [6.07, 6.45) is 0. The zero-order chi connectivity index (χ0) is 15.0. The van der Waals surface area contributed by atoms with Crippen molar-refractivity contribution in [2.75, 3.05) is 41.6 Å². The molecule has 0 heterocycles. The van der Waals surface area contributed by atoms with Crippen LogP contribution in [0.5, 0.6) is 17.2 Å². The number of aliphatic imine (C=N–C) groups is 1. The highest BCUT2D eigenvalue weighted by molar-refractivity contribution is 5.99. The van der Waals surface area contributed by atoms with Crippen molar-refractivity contribution >= 4 is 5.84 Å². The fourth-order valence-corrected chi connectivity index (χ4v) is 1.69. The molecule has 1 rings (SSSR count). The number of nitrogens with one attached hydrogen (secondary N) is 1. The van der Waals surface area contributed by atoms with E-state index in [4.69, 9.17) is 24.8 Å². The van der Waals surface area contributed by atoms with Crippen molar-refractivity contribution in [3.8, 4) is 17.2 Å². The number of hydrogen-bond acceptors (Lipinski definition) is 6. The molecule has 0 fully saturated rings. The first-order valence-corrected chi connectivity index (χ1v) is 6.02. The molecule has 3 N–H and O–H groups in total. The maximum Gasteiger partial charge on any atom is 0.203 e. The molecule has 1 aromatic rings. The van der Waals surface area contributed by atoms with Gasteiger partial charge in [0.1, 0.15) is 5.84 Å². The zero-order valence-electron chi connectivity index (χ0n) is 12.2. The average Bonchev–Trinajstić information content (AvgIpc) is 2.50. The van der Waals surface area contributed by atoms with Crippen LogP contribution in [-0.4, -0.2) is 47.4 Å². The van der Waals surface area contributed by atoms with Gasteiger partial charge in [0.15, 0.2) is 11.5 Å². The van der Waals surface area contributed by atoms with Crippen LogP contribution in [0, 0.1) is 0 Å². The smallest absolute Gasteiger partial charge is 0.203 e. The number of nitrogens with two attached hydrogens (primary N) is 1. The average molecular weight is 283 g/mol. The topological polar surface area (TPSA) is 87.3 Å². The number of nitrogens with zero attached hydrogens (tertiary/aromatic N) is 1. The van der Waals surface area contributed by atoms with Crippen LogP contribution in [-0.2, 0) is 4.74 Å². The Labute approximate surface area is 118 Å². The van der Waals surface area contributed by atoms with Gasteiger partial charge >= 0.3 is 0 Å². The van der Waals surface area contributed by atoms with Gasteiger partial charge < -0.3 is 24.4 Å². The molecule has 0 atom stereocenters. The zero-order valence-corrected chi connectivity index (χ0v) is 12.2. The van der Waals surface area contributed by atoms with Crippen LogP contribution in [0.15, 0.2) is 17.1 Å². The fourth-order valence-electron chi connectivity index (χ4n) is 1.69. The van der Waals surface area contributed by atoms with Crippen molar-refractivity contribution in [3.63, 3.8) is 0 Å². The van der Waals surface area contributed by atoms with Gasteiger partial charge in [-0.25, -0.2) is 5.84 Å². The summed E-state index contributed by atoms with van der Waals surface area (Å²) in [4.78, 5) is 4.31. The van der Waals surface area contributed by atoms with Gasteiger partial charge in [-0.3, -0.25) is 4.99 Å². The summed E-state index contributed by atoms with van der Waals surface area (Å²) in [6.45, 7) is 1.00. The molecule has 0 aliphatic carbocycles. The van der Waals surface area contributed by atoms with E-state index in [9.17, 15) is 0 Å². The molecule has 0 aliphatic rings. The van der Waals surface area contributed by atoms with Crippen molar-refractivity contribution in [1.29, 1.82) is 0 Å². The van der Waals surface area contributed by atoms with Crippen LogP contribution in [0.4, 0.5) is 0 Å². The summed E-state index contributed by atoms with van der Waals surface area (Å²) in [6, 6.07) is 3.54. The number of hydrogen-bond donors (Lipinski definition) is 2. The lowest BCUT2D eigenvalue weighted by molar-refractivity contribution is 0.208. The second-order valence-corrected chi connectivity index (χ2v) is 3.78. The van der Waals surface area contributed by atoms with Gasteiger partial charge in [0.05, 0.1) is 34.5 Å². The van der Waals surface area contributed by atoms with Crippen molar-refractivity contribution < 1.29 is 18.9 Å². The van der Waals surface area contributed by atoms with Gasteiger partial charge in [0.25, 0.3) is 0 Å². The molecule has 1 aromatic carbocycles. The Morgan fingerprint density at radius 2 is 1.70 bits per heavy atom. The summed E-state index contributed by atoms with van der Waals surface area (Å²) in [5, 5.41) is 0. The summed E-state index contributed by atoms with van der Waals surface area (Å²) >= 11 is 0. The Hall–Kier alpha value is -1.99. The Morgan fingerprint density at radius 3 is 2.10 bits per heavy atom. The first kappa shape index (κ1) is 16.1. The SMILES string of the molecule is COCCN=C(NN)c1cc(OC)c(OC)c(OC)c1. The number of methoxy groups -OCH3 is 4. The van der Waals surface area contributed by atoms with Crippen LogP contribution in [0.25, 0.3) is 0 Å². The highest BCUT2D eigenvalue weighted by atomic mass is 16.5. The molecule has 7 heteroatoms. The second-order valence-electron chi connectivity index (χ2n) is 3.78. The molecular formula is C13H21N3O4. The maximum absolute atomic E-state index is 5.51. The van der Waals surface area contributed by atoms with Crippen LogP contribution in [0.1, 0.15) is 5.56 Å². The van der Waals surface area contributed by atoms with E-state index in [0.29, 0.717) is 36.2 Å². The third kappa shape index (κ3) is 3.75. The number of amidine groups is 1. The normalized spacial score (nSPS) is 11.2. The molecule has 0 unspecified atom stereocenters. The quantitative estimate of drug-likeness (QED) is 0.250. The highest BCUT2D eigenvalue weighted by Gasteiger charge is 2.15. The summed E-state index contributed by atoms with van der Waals surface area (Å²) in [5.74, 6) is 7.62. The van der Waals surface area contributed by atoms with Gasteiger partial charge in [-0.15, -0.1) is 0 Å². The predicted octanol–water partition coefficient (Wildman–Crippen LogP) is 0.569. The summed E-state index contributed by atoms with van der Waals surface area (Å²) in [7, 11) is 6.27. The molecular weight excluding hydrogens is 262 g/mol. The monoisotopic (exact) mass is 283 g/mol. The second kappa shape index (κ2) is 8.23. The van der Waals surface area contributed by atoms with Crippen LogP contribution in [0.2, 0.25) is 0 Å². The molecule has 0 amide bonds. The molecule has 0 bridgehead atoms. The van der Waals surface area contributed by atoms with E-state index in [2.05, 4.69) is 10.4 Å². The summed E-state index contributed by atoms with van der Waals surface area (Å²) < 4.78 is 20.8. The number of hydrazine groups is 1. The van der Waals surface area contributed by atoms with Crippen molar-refractivity contribution in [3.05, 3.63) is 17.7 Å². The summed E-state index contributed by atoms with van der Waals surface area (Å²) in [5.41, 5.74) is 3.29. The van der Waals surface area contributed by atoms with Crippen molar-refractivity contribution in [1.82, 2.24) is 5.43 Å². The Balaban J connectivity index is 3.19. The number of rotatable bonds is 7. The van der Waals surface area contributed by atoms with Gasteiger partial charge in [-0.2, -0.15) is 0 Å². The van der Waals surface area contributed by atoms with E-state index in [1.165, 1.54) is 0 Å². The standard InChI is InChI=1S/C13H21N3O4/c1-17-6-5-15-13(16-14)9-7-10(18-2)12(20-4)11(8-9)19-3/h7-8H,5-6,14H2,1-4H3,(H,15,16). The minimum atomic E-state index is 0.493. The van der Waals surface area contributed by atoms with E-state index >= 15 is 0 Å². The molecule has 0 spiro atoms. The minimum absolute atomic E-state index is 0.493. The van der Waals surface area contributed by atoms with E-state index in [0.717, 1.165) is 5.56 Å². The van der Waals surface area contributed by atoms with Gasteiger partial charge in [0.2, 0.25) is 5.75 Å². The Morgan fingerprint density at radius 1 is 1.10 bits per heavy atom. The number of ether oxygens (including phenoxy) is 4. The van der Waals surface area contributed by atoms with Gasteiger partial charge in [-0.1, -0.05) is 0 Å². The Kier molecular flexibility index (Phi) is 6.61. The van der Waals surface area contributed by atoms with E-state index in [1.807, 2.05) is 0 Å². The van der Waals surface area contributed by atoms with E-state index < -0.39 is 0 Å². The fraction of sp³-hybridized carbons (Fsp3) is 0.462. The van der Waals surface area contributed by atoms with E-state index in [1.54, 1.807) is 40.6 Å². The first-order valence-electron chi connectivity index (χ1n) is 6.02. The largest absolute Gasteiger partial charge is 0.493 e. The first-order chi connectivity index (χ1) is 9.71. The molecule has 0 saturated heterocycles. The lowest BCUT2D eigenvalue weighted by Crippen LogP contribution is -2.31. The predicted molar refractivity (Wildman–Crippen MR) is 76.7 cm³/mol. The van der Waals surface area contributed by atoms with Crippen molar-refractivity contribution in [2.45, 2.75) is 0 Å². The third-order valence-electron chi connectivity index (χ3n) is 2.64. The number of benzene rings is 1. The van der Waals surface area contributed by atoms with Crippen LogP contribution >= 0.6 is 0 Å². The van der Waals surface area contributed by atoms with Crippen LogP contribution < -0.4 is 25.5 Å². The van der Waals surface area contributed by atoms with Gasteiger partial charge in [-0.05, 0) is 12.1 Å². The van der Waals surface area contributed by atoms with Gasteiger partial charge in [0, 0.05) is 12.7 Å². The third-order valence-corrected chi connectivity index (χ3v) is 2.64. The van der Waals surface area contributed by atoms with Crippen molar-refractivity contribution in [2.24, 2.45) is 10.8 Å². The molecule has 20 heavy (non-hydrogen) atoms. The lowest BCUT2D eigenvalue weighted by Gasteiger charge is -2.15.